The van der Waals surface area contributed by atoms with Crippen LogP contribution in [0.15, 0.2) is 54.6 Å². The summed E-state index contributed by atoms with van der Waals surface area (Å²) >= 11 is 0. The Morgan fingerprint density at radius 3 is 2.50 bits per heavy atom. The summed E-state index contributed by atoms with van der Waals surface area (Å²) in [6.45, 7) is 3.33. The van der Waals surface area contributed by atoms with Crippen molar-refractivity contribution in [2.75, 3.05) is 6.61 Å². The van der Waals surface area contributed by atoms with Gasteiger partial charge in [0.2, 0.25) is 0 Å². The average molecular weight is 271 g/mol. The molecule has 0 amide bonds. The highest BCUT2D eigenvalue weighted by Crippen LogP contribution is 2.19. The number of rotatable bonds is 7. The van der Waals surface area contributed by atoms with Crippen LogP contribution in [-0.4, -0.2) is 17.8 Å². The van der Waals surface area contributed by atoms with E-state index in [2.05, 4.69) is 17.4 Å². The molecule has 2 aromatic rings. The zero-order valence-corrected chi connectivity index (χ0v) is 11.8. The highest BCUT2D eigenvalue weighted by molar-refractivity contribution is 5.33. The highest BCUT2D eigenvalue weighted by Gasteiger charge is 2.05. The van der Waals surface area contributed by atoms with Crippen LogP contribution in [0.25, 0.3) is 0 Å². The van der Waals surface area contributed by atoms with Crippen molar-refractivity contribution in [3.8, 4) is 5.75 Å². The first kappa shape index (κ1) is 14.6. The van der Waals surface area contributed by atoms with E-state index in [1.807, 2.05) is 49.4 Å². The van der Waals surface area contributed by atoms with Crippen molar-refractivity contribution in [2.24, 2.45) is 0 Å². The summed E-state index contributed by atoms with van der Waals surface area (Å²) < 4.78 is 5.89. The minimum Gasteiger partial charge on any atom is -0.489 e. The van der Waals surface area contributed by atoms with Gasteiger partial charge in [0.25, 0.3) is 0 Å². The molecule has 0 heterocycles. The maximum atomic E-state index is 9.04. The molecule has 0 aliphatic heterocycles. The lowest BCUT2D eigenvalue weighted by Gasteiger charge is -2.14. The van der Waals surface area contributed by atoms with Gasteiger partial charge in [-0.05, 0) is 18.6 Å². The third-order valence-electron chi connectivity index (χ3n) is 3.12. The van der Waals surface area contributed by atoms with Crippen molar-refractivity contribution < 1.29 is 9.84 Å². The molecule has 0 saturated heterocycles. The molecule has 0 aliphatic carbocycles. The van der Waals surface area contributed by atoms with Crippen LogP contribution in [-0.2, 0) is 13.2 Å². The van der Waals surface area contributed by atoms with E-state index in [1.54, 1.807) is 0 Å². The van der Waals surface area contributed by atoms with E-state index >= 15 is 0 Å². The first-order chi connectivity index (χ1) is 9.79. The summed E-state index contributed by atoms with van der Waals surface area (Å²) in [7, 11) is 0. The van der Waals surface area contributed by atoms with Gasteiger partial charge >= 0.3 is 0 Å². The largest absolute Gasteiger partial charge is 0.489 e. The second-order valence-corrected chi connectivity index (χ2v) is 4.85. The molecule has 0 saturated carbocycles. The third-order valence-corrected chi connectivity index (χ3v) is 3.12. The quantitative estimate of drug-likeness (QED) is 0.813. The molecule has 0 spiro atoms. The van der Waals surface area contributed by atoms with Crippen LogP contribution >= 0.6 is 0 Å². The van der Waals surface area contributed by atoms with Crippen molar-refractivity contribution in [1.29, 1.82) is 0 Å². The van der Waals surface area contributed by atoms with Gasteiger partial charge in [0, 0.05) is 18.2 Å². The summed E-state index contributed by atoms with van der Waals surface area (Å²) in [5.74, 6) is 0.883. The van der Waals surface area contributed by atoms with E-state index in [1.165, 1.54) is 0 Å². The molecule has 2 N–H and O–H groups in total. The monoisotopic (exact) mass is 271 g/mol. The molecule has 2 aromatic carbocycles. The molecular formula is C17H21NO2. The Morgan fingerprint density at radius 1 is 1.05 bits per heavy atom. The molecule has 0 radical (unpaired) electrons. The van der Waals surface area contributed by atoms with Crippen molar-refractivity contribution >= 4 is 0 Å². The first-order valence-electron chi connectivity index (χ1n) is 6.88. The van der Waals surface area contributed by atoms with Crippen molar-refractivity contribution in [3.63, 3.8) is 0 Å². The molecule has 0 fully saturated rings. The topological polar surface area (TPSA) is 41.5 Å². The number of aliphatic hydroxyl groups is 1. The number of benzene rings is 2. The lowest BCUT2D eigenvalue weighted by atomic mass is 10.2. The molecule has 20 heavy (non-hydrogen) atoms. The number of hydrogen-bond donors (Lipinski definition) is 2. The van der Waals surface area contributed by atoms with Gasteiger partial charge in [-0.25, -0.2) is 0 Å². The van der Waals surface area contributed by atoms with Gasteiger partial charge in [-0.1, -0.05) is 48.5 Å². The Morgan fingerprint density at radius 2 is 1.75 bits per heavy atom. The molecule has 3 heteroatoms. The molecule has 2 rings (SSSR count). The Balaban J connectivity index is 1.97. The fourth-order valence-electron chi connectivity index (χ4n) is 1.87. The maximum Gasteiger partial charge on any atom is 0.124 e. The fourth-order valence-corrected chi connectivity index (χ4v) is 1.87. The van der Waals surface area contributed by atoms with Gasteiger partial charge in [-0.15, -0.1) is 0 Å². The number of hydrogen-bond acceptors (Lipinski definition) is 3. The van der Waals surface area contributed by atoms with E-state index in [-0.39, 0.29) is 12.6 Å². The zero-order chi connectivity index (χ0) is 14.2. The maximum absolute atomic E-state index is 9.04. The van der Waals surface area contributed by atoms with E-state index in [0.29, 0.717) is 13.2 Å². The van der Waals surface area contributed by atoms with Gasteiger partial charge in [-0.3, -0.25) is 0 Å². The predicted molar refractivity (Wildman–Crippen MR) is 80.6 cm³/mol. The Hall–Kier alpha value is -1.84. The van der Waals surface area contributed by atoms with E-state index in [4.69, 9.17) is 9.84 Å². The van der Waals surface area contributed by atoms with E-state index in [9.17, 15) is 0 Å². The minimum absolute atomic E-state index is 0.0807. The number of ether oxygens (including phenoxy) is 1. The van der Waals surface area contributed by atoms with E-state index in [0.717, 1.165) is 16.9 Å². The van der Waals surface area contributed by atoms with E-state index < -0.39 is 0 Å². The molecule has 0 aliphatic rings. The summed E-state index contributed by atoms with van der Waals surface area (Å²) in [5, 5.41) is 12.3. The predicted octanol–water partition coefficient (Wildman–Crippen LogP) is 2.74. The third kappa shape index (κ3) is 4.37. The normalized spacial score (nSPS) is 12.1. The van der Waals surface area contributed by atoms with Crippen molar-refractivity contribution in [2.45, 2.75) is 26.1 Å². The van der Waals surface area contributed by atoms with Crippen LogP contribution in [0.2, 0.25) is 0 Å². The van der Waals surface area contributed by atoms with Crippen molar-refractivity contribution in [1.82, 2.24) is 5.32 Å². The van der Waals surface area contributed by atoms with Gasteiger partial charge in [0.1, 0.15) is 12.4 Å². The summed E-state index contributed by atoms with van der Waals surface area (Å²) in [6, 6.07) is 18.2. The van der Waals surface area contributed by atoms with Crippen molar-refractivity contribution in [3.05, 3.63) is 65.7 Å². The summed E-state index contributed by atoms with van der Waals surface area (Å²) in [6.07, 6.45) is 0. The molecule has 3 nitrogen and oxygen atoms in total. The van der Waals surface area contributed by atoms with Crippen LogP contribution in [0.5, 0.6) is 5.75 Å². The first-order valence-corrected chi connectivity index (χ1v) is 6.88. The number of nitrogens with one attached hydrogen (secondary N) is 1. The summed E-state index contributed by atoms with van der Waals surface area (Å²) in [5.41, 5.74) is 2.25. The number of para-hydroxylation sites is 1. The van der Waals surface area contributed by atoms with Gasteiger partial charge in [0.05, 0.1) is 6.61 Å². The van der Waals surface area contributed by atoms with Crippen LogP contribution in [0.3, 0.4) is 0 Å². The SMILES string of the molecule is C[C@H](CO)NCc1ccccc1OCc1ccccc1. The summed E-state index contributed by atoms with van der Waals surface area (Å²) in [4.78, 5) is 0. The zero-order valence-electron chi connectivity index (χ0n) is 11.8. The second-order valence-electron chi connectivity index (χ2n) is 4.85. The molecule has 0 aromatic heterocycles. The fraction of sp³-hybridized carbons (Fsp3) is 0.294. The Labute approximate surface area is 120 Å². The average Bonchev–Trinajstić information content (AvgIpc) is 2.52. The van der Waals surface area contributed by atoms with Gasteiger partial charge in [0.15, 0.2) is 0 Å². The minimum atomic E-state index is 0.0807. The smallest absolute Gasteiger partial charge is 0.124 e. The lowest BCUT2D eigenvalue weighted by Crippen LogP contribution is -2.28. The highest BCUT2D eigenvalue weighted by atomic mass is 16.5. The van der Waals surface area contributed by atoms with Gasteiger partial charge < -0.3 is 15.2 Å². The van der Waals surface area contributed by atoms with Crippen LogP contribution in [0.4, 0.5) is 0 Å². The molecule has 1 atom stereocenters. The molecular weight excluding hydrogens is 250 g/mol. The second kappa shape index (κ2) is 7.68. The Kier molecular flexibility index (Phi) is 5.59. The standard InChI is InChI=1S/C17H21NO2/c1-14(12-19)18-11-16-9-5-6-10-17(16)20-13-15-7-3-2-4-8-15/h2-10,14,18-19H,11-13H2,1H3/t14-/m1/s1. The molecule has 106 valence electrons. The Bertz CT molecular complexity index is 513. The number of aliphatic hydroxyl groups excluding tert-OH is 1. The van der Waals surface area contributed by atoms with Crippen LogP contribution in [0.1, 0.15) is 18.1 Å². The molecule has 0 unspecified atom stereocenters. The molecule has 0 bridgehead atoms. The lowest BCUT2D eigenvalue weighted by molar-refractivity contribution is 0.249. The van der Waals surface area contributed by atoms with Gasteiger partial charge in [-0.2, -0.15) is 0 Å². The van der Waals surface area contributed by atoms with Crippen LogP contribution < -0.4 is 10.1 Å². The van der Waals surface area contributed by atoms with Crippen LogP contribution in [0, 0.1) is 0 Å².